The zero-order valence-electron chi connectivity index (χ0n) is 14.5. The number of benzene rings is 2. The van der Waals surface area contributed by atoms with Gasteiger partial charge in [-0.1, -0.05) is 6.07 Å². The Morgan fingerprint density at radius 2 is 1.54 bits per heavy atom. The molecule has 24 heavy (non-hydrogen) atoms. The normalized spacial score (nSPS) is 11.5. The molecule has 3 N–H and O–H groups in total. The first-order valence-corrected chi connectivity index (χ1v) is 8.41. The second kappa shape index (κ2) is 7.76. The van der Waals surface area contributed by atoms with Gasteiger partial charge in [0.25, 0.3) is 10.1 Å². The summed E-state index contributed by atoms with van der Waals surface area (Å²) >= 11 is 0. The van der Waals surface area contributed by atoms with Gasteiger partial charge in [0.1, 0.15) is 10.6 Å². The maximum absolute atomic E-state index is 11.6. The molecule has 0 aliphatic heterocycles. The van der Waals surface area contributed by atoms with Crippen molar-refractivity contribution in [2.24, 2.45) is 10.2 Å². The largest absolute Gasteiger partial charge is 0.399 e. The molecule has 0 saturated heterocycles. The van der Waals surface area contributed by atoms with E-state index >= 15 is 0 Å². The second-order valence-electron chi connectivity index (χ2n) is 5.60. The summed E-state index contributed by atoms with van der Waals surface area (Å²) in [7, 11) is -4.38. The van der Waals surface area contributed by atoms with Crippen molar-refractivity contribution in [2.75, 3.05) is 5.73 Å². The standard InChI is InChI=1S/C16H19N3O3S.Na/c1-9-5-12(4)16(15(6-9)23(20,21)22)19-18-14-8-10(2)13(17)7-11(14)3;/h5-8H,17H2,1-4H3,(H,20,21,22);. The van der Waals surface area contributed by atoms with Crippen LogP contribution in [-0.4, -0.2) is 42.5 Å². The quantitative estimate of drug-likeness (QED) is 0.378. The topological polar surface area (TPSA) is 105 Å². The third-order valence-electron chi connectivity index (χ3n) is 3.53. The minimum absolute atomic E-state index is 0. The number of rotatable bonds is 3. The van der Waals surface area contributed by atoms with E-state index in [9.17, 15) is 13.0 Å². The van der Waals surface area contributed by atoms with Gasteiger partial charge in [0, 0.05) is 35.2 Å². The van der Waals surface area contributed by atoms with Crippen molar-refractivity contribution in [2.45, 2.75) is 32.6 Å². The molecule has 0 bridgehead atoms. The van der Waals surface area contributed by atoms with Crippen LogP contribution in [0.15, 0.2) is 39.4 Å². The number of nitrogens with zero attached hydrogens (tertiary/aromatic N) is 2. The van der Waals surface area contributed by atoms with Crippen LogP contribution in [-0.2, 0) is 10.1 Å². The van der Waals surface area contributed by atoms with E-state index < -0.39 is 10.1 Å². The van der Waals surface area contributed by atoms with Crippen molar-refractivity contribution in [3.05, 3.63) is 46.5 Å². The number of aryl methyl sites for hydroxylation is 4. The fourth-order valence-corrected chi connectivity index (χ4v) is 3.06. The molecule has 2 rings (SSSR count). The summed E-state index contributed by atoms with van der Waals surface area (Å²) in [4.78, 5) is -0.247. The van der Waals surface area contributed by atoms with Crippen LogP contribution in [0.25, 0.3) is 0 Å². The Balaban J connectivity index is 0.00000288. The zero-order chi connectivity index (χ0) is 17.4. The van der Waals surface area contributed by atoms with E-state index in [0.29, 0.717) is 22.5 Å². The minimum Gasteiger partial charge on any atom is -0.399 e. The smallest absolute Gasteiger partial charge is 0.296 e. The summed E-state index contributed by atoms with van der Waals surface area (Å²) in [6.07, 6.45) is 0. The van der Waals surface area contributed by atoms with Crippen molar-refractivity contribution in [1.29, 1.82) is 0 Å². The molecule has 0 fully saturated rings. The van der Waals surface area contributed by atoms with Gasteiger partial charge in [0.2, 0.25) is 0 Å². The maximum atomic E-state index is 11.6. The molecule has 0 saturated carbocycles. The molecule has 0 heterocycles. The van der Waals surface area contributed by atoms with Crippen LogP contribution in [0.1, 0.15) is 22.3 Å². The number of azo groups is 1. The zero-order valence-corrected chi connectivity index (χ0v) is 17.3. The molecule has 0 spiro atoms. The van der Waals surface area contributed by atoms with E-state index in [-0.39, 0.29) is 40.1 Å². The average molecular weight is 356 g/mol. The number of hydrogen-bond acceptors (Lipinski definition) is 5. The Morgan fingerprint density at radius 1 is 0.917 bits per heavy atom. The molecule has 6 nitrogen and oxygen atoms in total. The Kier molecular flexibility index (Phi) is 6.72. The third kappa shape index (κ3) is 4.64. The summed E-state index contributed by atoms with van der Waals surface area (Å²) in [6, 6.07) is 6.72. The van der Waals surface area contributed by atoms with E-state index in [4.69, 9.17) is 5.73 Å². The first-order valence-electron chi connectivity index (χ1n) is 6.97. The molecule has 0 aromatic heterocycles. The van der Waals surface area contributed by atoms with Gasteiger partial charge in [-0.2, -0.15) is 13.5 Å². The number of nitrogen functional groups attached to an aromatic ring is 1. The predicted octanol–water partition coefficient (Wildman–Crippen LogP) is 3.78. The molecule has 0 atom stereocenters. The molecule has 0 aliphatic rings. The Bertz CT molecular complexity index is 909. The second-order valence-corrected chi connectivity index (χ2v) is 6.99. The van der Waals surface area contributed by atoms with Crippen LogP contribution < -0.4 is 5.73 Å². The molecular formula is C16H19N3NaO3S. The molecular weight excluding hydrogens is 337 g/mol. The van der Waals surface area contributed by atoms with Crippen molar-refractivity contribution in [3.63, 3.8) is 0 Å². The van der Waals surface area contributed by atoms with Crippen molar-refractivity contribution in [1.82, 2.24) is 0 Å². The SMILES string of the molecule is Cc1cc(C)c(N=Nc2cc(C)c(N)cc2C)c(S(=O)(=O)O)c1.[Na]. The summed E-state index contributed by atoms with van der Waals surface area (Å²) in [5.41, 5.74) is 10.2. The van der Waals surface area contributed by atoms with Gasteiger partial charge in [0.15, 0.2) is 0 Å². The molecule has 2 aromatic rings. The van der Waals surface area contributed by atoms with Crippen LogP contribution in [0, 0.1) is 27.7 Å². The number of nitrogens with two attached hydrogens (primary N) is 1. The van der Waals surface area contributed by atoms with Crippen LogP contribution in [0.5, 0.6) is 0 Å². The van der Waals surface area contributed by atoms with E-state index in [1.54, 1.807) is 32.0 Å². The third-order valence-corrected chi connectivity index (χ3v) is 4.40. The van der Waals surface area contributed by atoms with Gasteiger partial charge >= 0.3 is 0 Å². The van der Waals surface area contributed by atoms with Gasteiger partial charge in [-0.15, -0.1) is 5.11 Å². The van der Waals surface area contributed by atoms with Crippen molar-refractivity contribution >= 4 is 56.7 Å². The van der Waals surface area contributed by atoms with Crippen LogP contribution in [0.2, 0.25) is 0 Å². The predicted molar refractivity (Wildman–Crippen MR) is 96.0 cm³/mol. The molecule has 2 aromatic carbocycles. The van der Waals surface area contributed by atoms with Gasteiger partial charge in [-0.3, -0.25) is 4.55 Å². The van der Waals surface area contributed by atoms with Crippen LogP contribution in [0.4, 0.5) is 17.1 Å². The van der Waals surface area contributed by atoms with Gasteiger partial charge in [-0.05, 0) is 68.1 Å². The van der Waals surface area contributed by atoms with E-state index in [1.165, 1.54) is 6.07 Å². The fraction of sp³-hybridized carbons (Fsp3) is 0.250. The van der Waals surface area contributed by atoms with Crippen LogP contribution in [0.3, 0.4) is 0 Å². The van der Waals surface area contributed by atoms with Crippen LogP contribution >= 0.6 is 0 Å². The van der Waals surface area contributed by atoms with Gasteiger partial charge < -0.3 is 5.73 Å². The Morgan fingerprint density at radius 3 is 2.12 bits per heavy atom. The minimum atomic E-state index is -4.38. The number of hydrogen-bond donors (Lipinski definition) is 2. The Hall–Kier alpha value is -1.25. The van der Waals surface area contributed by atoms with Crippen molar-refractivity contribution < 1.29 is 13.0 Å². The molecule has 0 aliphatic carbocycles. The van der Waals surface area contributed by atoms with E-state index in [1.807, 2.05) is 13.8 Å². The molecule has 8 heteroatoms. The summed E-state index contributed by atoms with van der Waals surface area (Å²) in [6.45, 7) is 7.16. The maximum Gasteiger partial charge on any atom is 0.296 e. The summed E-state index contributed by atoms with van der Waals surface area (Å²) in [5.74, 6) is 0. The Labute approximate surface area is 164 Å². The molecule has 123 valence electrons. The van der Waals surface area contributed by atoms with E-state index in [2.05, 4.69) is 10.2 Å². The molecule has 1 radical (unpaired) electrons. The summed E-state index contributed by atoms with van der Waals surface area (Å²) < 4.78 is 32.6. The average Bonchev–Trinajstić information content (AvgIpc) is 2.41. The first-order chi connectivity index (χ1) is 10.6. The van der Waals surface area contributed by atoms with Gasteiger partial charge in [0.05, 0.1) is 5.69 Å². The molecule has 0 amide bonds. The number of anilines is 1. The summed E-state index contributed by atoms with van der Waals surface area (Å²) in [5, 5.41) is 8.20. The van der Waals surface area contributed by atoms with E-state index in [0.717, 1.165) is 11.1 Å². The monoisotopic (exact) mass is 356 g/mol. The van der Waals surface area contributed by atoms with Gasteiger partial charge in [-0.25, -0.2) is 0 Å². The first kappa shape index (κ1) is 20.8. The molecule has 0 unspecified atom stereocenters. The fourth-order valence-electron chi connectivity index (χ4n) is 2.28. The van der Waals surface area contributed by atoms with Crippen molar-refractivity contribution in [3.8, 4) is 0 Å².